The monoisotopic (exact) mass is 964 g/mol. The fourth-order valence-corrected chi connectivity index (χ4v) is 9.57. The van der Waals surface area contributed by atoms with E-state index in [0.29, 0.717) is 6.42 Å². The summed E-state index contributed by atoms with van der Waals surface area (Å²) in [4.78, 5) is 13.0. The van der Waals surface area contributed by atoms with E-state index < -0.39 is 49.5 Å². The lowest BCUT2D eigenvalue weighted by Crippen LogP contribution is -2.60. The predicted octanol–water partition coefficient (Wildman–Crippen LogP) is 14.6. The first-order valence-electron chi connectivity index (χ1n) is 29.6. The van der Waals surface area contributed by atoms with Gasteiger partial charge in [-0.3, -0.25) is 4.79 Å². The minimum Gasteiger partial charge on any atom is -0.394 e. The molecule has 6 N–H and O–H groups in total. The number of allylic oxidation sites excluding steroid dienone is 3. The highest BCUT2D eigenvalue weighted by Crippen LogP contribution is 2.23. The Labute approximate surface area is 419 Å². The van der Waals surface area contributed by atoms with Crippen LogP contribution in [0.5, 0.6) is 0 Å². The molecule has 1 amide bonds. The number of nitrogens with one attached hydrogen (secondary N) is 1. The van der Waals surface area contributed by atoms with Crippen molar-refractivity contribution in [2.24, 2.45) is 0 Å². The topological polar surface area (TPSA) is 149 Å². The van der Waals surface area contributed by atoms with Gasteiger partial charge in [-0.2, -0.15) is 0 Å². The van der Waals surface area contributed by atoms with Gasteiger partial charge in [0.25, 0.3) is 0 Å². The van der Waals surface area contributed by atoms with Gasteiger partial charge >= 0.3 is 0 Å². The van der Waals surface area contributed by atoms with Gasteiger partial charge in [-0.1, -0.05) is 263 Å². The zero-order valence-corrected chi connectivity index (χ0v) is 44.6. The van der Waals surface area contributed by atoms with Gasteiger partial charge in [-0.15, -0.1) is 0 Å². The lowest BCUT2D eigenvalue weighted by atomic mass is 9.99. The fourth-order valence-electron chi connectivity index (χ4n) is 9.57. The first-order chi connectivity index (χ1) is 33.3. The third-order valence-corrected chi connectivity index (χ3v) is 14.3. The average molecular weight is 965 g/mol. The van der Waals surface area contributed by atoms with Crippen molar-refractivity contribution in [3.05, 3.63) is 24.3 Å². The minimum absolute atomic E-state index is 0.182. The van der Waals surface area contributed by atoms with Crippen molar-refractivity contribution in [1.29, 1.82) is 0 Å². The second-order valence-corrected chi connectivity index (χ2v) is 20.8. The van der Waals surface area contributed by atoms with Gasteiger partial charge in [0.1, 0.15) is 24.4 Å². The van der Waals surface area contributed by atoms with E-state index in [0.717, 1.165) is 57.8 Å². The van der Waals surface area contributed by atoms with Crippen LogP contribution in [0.1, 0.15) is 290 Å². The molecular weight excluding hydrogens is 851 g/mol. The van der Waals surface area contributed by atoms with E-state index in [-0.39, 0.29) is 12.5 Å². The average Bonchev–Trinajstić information content (AvgIpc) is 3.34. The van der Waals surface area contributed by atoms with Crippen LogP contribution in [0.15, 0.2) is 24.3 Å². The summed E-state index contributed by atoms with van der Waals surface area (Å²) in [6.45, 7) is 3.80. The zero-order chi connectivity index (χ0) is 49.4. The van der Waals surface area contributed by atoms with Crippen molar-refractivity contribution in [2.45, 2.75) is 333 Å². The Bertz CT molecular complexity index is 1120. The van der Waals surface area contributed by atoms with Crippen LogP contribution in [0, 0.1) is 0 Å². The molecule has 1 heterocycles. The molecule has 9 heteroatoms. The van der Waals surface area contributed by atoms with Gasteiger partial charge in [0.05, 0.1) is 25.4 Å². The third kappa shape index (κ3) is 38.4. The van der Waals surface area contributed by atoms with E-state index >= 15 is 0 Å². The molecule has 0 bridgehead atoms. The zero-order valence-electron chi connectivity index (χ0n) is 44.6. The van der Waals surface area contributed by atoms with E-state index in [2.05, 4.69) is 31.3 Å². The predicted molar refractivity (Wildman–Crippen MR) is 286 cm³/mol. The van der Waals surface area contributed by atoms with Crippen molar-refractivity contribution < 1.29 is 39.8 Å². The van der Waals surface area contributed by atoms with Gasteiger partial charge in [-0.25, -0.2) is 0 Å². The van der Waals surface area contributed by atoms with E-state index in [1.54, 1.807) is 6.08 Å². The summed E-state index contributed by atoms with van der Waals surface area (Å²) in [5.74, 6) is -0.182. The number of rotatable bonds is 51. The molecule has 1 fully saturated rings. The summed E-state index contributed by atoms with van der Waals surface area (Å²) in [5, 5.41) is 54.5. The maximum absolute atomic E-state index is 13.0. The summed E-state index contributed by atoms with van der Waals surface area (Å²) in [6, 6.07) is -0.808. The van der Waals surface area contributed by atoms with E-state index in [4.69, 9.17) is 9.47 Å². The molecule has 0 aromatic rings. The summed E-state index contributed by atoms with van der Waals surface area (Å²) in [7, 11) is 0. The Morgan fingerprint density at radius 3 is 1.19 bits per heavy atom. The second-order valence-electron chi connectivity index (χ2n) is 20.8. The van der Waals surface area contributed by atoms with E-state index in [1.165, 1.54) is 212 Å². The highest BCUT2D eigenvalue weighted by Gasteiger charge is 2.44. The Balaban J connectivity index is 2.18. The first kappa shape index (κ1) is 64.7. The molecule has 68 heavy (non-hydrogen) atoms. The molecule has 402 valence electrons. The molecule has 0 aromatic carbocycles. The lowest BCUT2D eigenvalue weighted by Gasteiger charge is -2.40. The molecule has 0 aliphatic carbocycles. The quantitative estimate of drug-likeness (QED) is 0.0261. The van der Waals surface area contributed by atoms with Gasteiger partial charge in [0.15, 0.2) is 6.29 Å². The maximum atomic E-state index is 13.0. The van der Waals surface area contributed by atoms with Crippen molar-refractivity contribution in [3.8, 4) is 0 Å². The van der Waals surface area contributed by atoms with Crippen LogP contribution in [-0.4, -0.2) is 87.5 Å². The molecule has 9 nitrogen and oxygen atoms in total. The van der Waals surface area contributed by atoms with Crippen LogP contribution in [0.25, 0.3) is 0 Å². The molecule has 7 atom stereocenters. The summed E-state index contributed by atoms with van der Waals surface area (Å²) < 4.78 is 11.3. The normalized spacial score (nSPS) is 19.7. The van der Waals surface area contributed by atoms with Crippen LogP contribution in [0.3, 0.4) is 0 Å². The molecule has 0 spiro atoms. The van der Waals surface area contributed by atoms with Gasteiger partial charge in [0.2, 0.25) is 5.91 Å². The molecular formula is C59H113NO8. The number of carbonyl (C=O) groups is 1. The number of carbonyl (C=O) groups excluding carboxylic acids is 1. The van der Waals surface area contributed by atoms with Crippen molar-refractivity contribution in [2.75, 3.05) is 13.2 Å². The van der Waals surface area contributed by atoms with Gasteiger partial charge < -0.3 is 40.3 Å². The number of amides is 1. The van der Waals surface area contributed by atoms with Crippen LogP contribution >= 0.6 is 0 Å². The molecule has 0 aromatic heterocycles. The van der Waals surface area contributed by atoms with Crippen LogP contribution in [0.2, 0.25) is 0 Å². The van der Waals surface area contributed by atoms with Crippen LogP contribution in [0.4, 0.5) is 0 Å². The van der Waals surface area contributed by atoms with Crippen LogP contribution < -0.4 is 5.32 Å². The lowest BCUT2D eigenvalue weighted by molar-refractivity contribution is -0.302. The number of aliphatic hydroxyl groups is 5. The Hall–Kier alpha value is -1.33. The van der Waals surface area contributed by atoms with Crippen molar-refractivity contribution in [3.63, 3.8) is 0 Å². The van der Waals surface area contributed by atoms with Gasteiger partial charge in [-0.05, 0) is 44.9 Å². The Morgan fingerprint density at radius 2 is 0.824 bits per heavy atom. The number of hydrogen-bond donors (Lipinski definition) is 6. The first-order valence-corrected chi connectivity index (χ1v) is 29.6. The molecule has 1 rings (SSSR count). The largest absolute Gasteiger partial charge is 0.394 e. The van der Waals surface area contributed by atoms with E-state index in [1.807, 2.05) is 6.08 Å². The molecule has 1 saturated heterocycles. The summed E-state index contributed by atoms with van der Waals surface area (Å²) in [5.41, 5.74) is 0. The standard InChI is InChI=1S/C59H113NO8/c1-3-5-7-9-11-13-15-17-19-21-22-23-24-25-26-27-28-29-30-31-32-33-34-36-38-40-42-44-46-48-53(62)52(51-67-59-58(66)57(65)56(64)54(50-61)68-59)60-55(63)49-47-45-43-41-39-37-35-20-18-16-14-12-10-8-6-4-2/h20,35,46,48,52-54,56-59,61-62,64-66H,3-19,21-34,36-45,47,49-51H2,1-2H3,(H,60,63)/b35-20-,48-46+. The number of ether oxygens (including phenoxy) is 2. The minimum atomic E-state index is -1.57. The number of aliphatic hydroxyl groups excluding tert-OH is 5. The van der Waals surface area contributed by atoms with Crippen molar-refractivity contribution >= 4 is 5.91 Å². The highest BCUT2D eigenvalue weighted by molar-refractivity contribution is 5.76. The Morgan fingerprint density at radius 1 is 0.485 bits per heavy atom. The molecule has 0 radical (unpaired) electrons. The SMILES string of the molecule is CCCCCCCCC/C=C\CCCCCCCC(=O)NC(COC1OC(CO)C(O)C(O)C1O)C(O)/C=C/CCCCCCCCCCCCCCCCCCCCCCCCCCCCC. The number of hydrogen-bond acceptors (Lipinski definition) is 8. The van der Waals surface area contributed by atoms with E-state index in [9.17, 15) is 30.3 Å². The van der Waals surface area contributed by atoms with Gasteiger partial charge in [0, 0.05) is 6.42 Å². The van der Waals surface area contributed by atoms with Crippen LogP contribution in [-0.2, 0) is 14.3 Å². The summed E-state index contributed by atoms with van der Waals surface area (Å²) >= 11 is 0. The summed E-state index contributed by atoms with van der Waals surface area (Å²) in [6.07, 6.45) is 55.4. The Kier molecular flexibility index (Phi) is 46.9. The fraction of sp³-hybridized carbons (Fsp3) is 0.915. The molecule has 7 unspecified atom stereocenters. The second kappa shape index (κ2) is 49.3. The maximum Gasteiger partial charge on any atom is 0.220 e. The molecule has 1 aliphatic rings. The molecule has 0 saturated carbocycles. The van der Waals surface area contributed by atoms with Crippen molar-refractivity contribution in [1.82, 2.24) is 5.32 Å². The highest BCUT2D eigenvalue weighted by atomic mass is 16.7. The third-order valence-electron chi connectivity index (χ3n) is 14.3. The number of unbranched alkanes of at least 4 members (excludes halogenated alkanes) is 39. The smallest absolute Gasteiger partial charge is 0.220 e. The molecule has 1 aliphatic heterocycles.